The minimum absolute atomic E-state index is 0.0539. The van der Waals surface area contributed by atoms with Crippen LogP contribution in [0.25, 0.3) is 0 Å². The summed E-state index contributed by atoms with van der Waals surface area (Å²) in [6.45, 7) is 0. The van der Waals surface area contributed by atoms with Gasteiger partial charge in [0.25, 0.3) is 0 Å². The minimum atomic E-state index is -0.0539. The Morgan fingerprint density at radius 1 is 1.32 bits per heavy atom. The maximum Gasteiger partial charge on any atom is 0.235 e. The van der Waals surface area contributed by atoms with Gasteiger partial charge in [0.2, 0.25) is 5.89 Å². The lowest BCUT2D eigenvalue weighted by Gasteiger charge is -2.04. The number of hydrogen-bond acceptors (Lipinski definition) is 5. The van der Waals surface area contributed by atoms with Crippen molar-refractivity contribution >= 4 is 11.8 Å². The van der Waals surface area contributed by atoms with Crippen LogP contribution in [-0.2, 0) is 0 Å². The molecule has 98 valence electrons. The third kappa shape index (κ3) is 1.97. The molecule has 2 N–H and O–H groups in total. The Hall–Kier alpha value is -1.33. The van der Waals surface area contributed by atoms with Crippen LogP contribution in [0.1, 0.15) is 42.1 Å². The van der Waals surface area contributed by atoms with Gasteiger partial charge in [0.15, 0.2) is 5.82 Å². The van der Waals surface area contributed by atoms with Gasteiger partial charge in [-0.3, -0.25) is 0 Å². The maximum atomic E-state index is 6.12. The van der Waals surface area contributed by atoms with Gasteiger partial charge >= 0.3 is 0 Å². The first-order chi connectivity index (χ1) is 9.33. The van der Waals surface area contributed by atoms with Crippen molar-refractivity contribution < 1.29 is 4.52 Å². The second kappa shape index (κ2) is 4.35. The average molecular weight is 273 g/mol. The molecule has 2 heterocycles. The van der Waals surface area contributed by atoms with Gasteiger partial charge in [-0.25, -0.2) is 0 Å². The van der Waals surface area contributed by atoms with Gasteiger partial charge in [-0.05, 0) is 30.4 Å². The summed E-state index contributed by atoms with van der Waals surface area (Å²) in [6.07, 6.45) is 2.38. The Morgan fingerprint density at radius 3 is 3.00 bits per heavy atom. The second-order valence-corrected chi connectivity index (χ2v) is 6.32. The zero-order valence-electron chi connectivity index (χ0n) is 10.5. The van der Waals surface area contributed by atoms with Gasteiger partial charge in [0, 0.05) is 10.6 Å². The van der Waals surface area contributed by atoms with E-state index in [1.54, 1.807) is 0 Å². The molecular formula is C14H15N3OS. The van der Waals surface area contributed by atoms with Gasteiger partial charge in [-0.1, -0.05) is 23.4 Å². The number of nitrogens with zero attached hydrogens (tertiary/aromatic N) is 2. The summed E-state index contributed by atoms with van der Waals surface area (Å²) in [4.78, 5) is 5.85. The van der Waals surface area contributed by atoms with E-state index < -0.39 is 0 Å². The third-order valence-electron chi connectivity index (χ3n) is 3.88. The Kier molecular flexibility index (Phi) is 2.63. The van der Waals surface area contributed by atoms with Crippen molar-refractivity contribution in [1.29, 1.82) is 0 Å². The molecule has 1 saturated carbocycles. The van der Waals surface area contributed by atoms with Crippen LogP contribution in [0.3, 0.4) is 0 Å². The molecule has 1 aromatic heterocycles. The van der Waals surface area contributed by atoms with E-state index in [0.717, 1.165) is 5.75 Å². The zero-order chi connectivity index (χ0) is 12.8. The van der Waals surface area contributed by atoms with Crippen molar-refractivity contribution in [3.63, 3.8) is 0 Å². The third-order valence-corrected chi connectivity index (χ3v) is 5.07. The summed E-state index contributed by atoms with van der Waals surface area (Å²) in [5.74, 6) is 3.12. The van der Waals surface area contributed by atoms with Crippen LogP contribution in [0, 0.1) is 5.92 Å². The molecule has 4 rings (SSSR count). The first-order valence-corrected chi connectivity index (χ1v) is 7.62. The first kappa shape index (κ1) is 11.5. The quantitative estimate of drug-likeness (QED) is 0.931. The van der Waals surface area contributed by atoms with Gasteiger partial charge in [-0.15, -0.1) is 11.8 Å². The molecule has 2 unspecified atom stereocenters. The summed E-state index contributed by atoms with van der Waals surface area (Å²) < 4.78 is 5.45. The number of hydrogen-bond donors (Lipinski definition) is 1. The molecule has 0 saturated heterocycles. The monoisotopic (exact) mass is 273 g/mol. The van der Waals surface area contributed by atoms with Crippen molar-refractivity contribution in [3.05, 3.63) is 41.5 Å². The van der Waals surface area contributed by atoms with Crippen LogP contribution in [0.2, 0.25) is 0 Å². The van der Waals surface area contributed by atoms with E-state index in [1.807, 2.05) is 11.8 Å². The molecule has 5 heteroatoms. The lowest BCUT2D eigenvalue weighted by Crippen LogP contribution is -2.14. The van der Waals surface area contributed by atoms with Crippen molar-refractivity contribution in [2.24, 2.45) is 11.7 Å². The summed E-state index contributed by atoms with van der Waals surface area (Å²) in [5.41, 5.74) is 7.41. The van der Waals surface area contributed by atoms with E-state index >= 15 is 0 Å². The van der Waals surface area contributed by atoms with Crippen LogP contribution in [-0.4, -0.2) is 15.9 Å². The largest absolute Gasteiger partial charge is 0.339 e. The molecular weight excluding hydrogens is 258 g/mol. The fourth-order valence-electron chi connectivity index (χ4n) is 2.56. The van der Waals surface area contributed by atoms with Crippen LogP contribution < -0.4 is 5.73 Å². The summed E-state index contributed by atoms with van der Waals surface area (Å²) >= 11 is 1.85. The van der Waals surface area contributed by atoms with E-state index in [9.17, 15) is 0 Å². The molecule has 0 amide bonds. The number of rotatable bonds is 3. The molecule has 2 aromatic rings. The van der Waals surface area contributed by atoms with Gasteiger partial charge in [-0.2, -0.15) is 4.98 Å². The predicted molar refractivity (Wildman–Crippen MR) is 73.0 cm³/mol. The summed E-state index contributed by atoms with van der Waals surface area (Å²) in [6, 6.07) is 8.36. The molecule has 19 heavy (non-hydrogen) atoms. The molecule has 1 aliphatic carbocycles. The summed E-state index contributed by atoms with van der Waals surface area (Å²) in [7, 11) is 0. The number of benzene rings is 1. The van der Waals surface area contributed by atoms with Crippen molar-refractivity contribution in [2.75, 3.05) is 5.75 Å². The molecule has 2 aliphatic rings. The van der Waals surface area contributed by atoms with Crippen LogP contribution in [0.4, 0.5) is 0 Å². The van der Waals surface area contributed by atoms with E-state index in [2.05, 4.69) is 34.4 Å². The second-order valence-electron chi connectivity index (χ2n) is 5.26. The van der Waals surface area contributed by atoms with Crippen molar-refractivity contribution in [3.8, 4) is 0 Å². The molecule has 4 nitrogen and oxygen atoms in total. The van der Waals surface area contributed by atoms with E-state index in [-0.39, 0.29) is 12.0 Å². The maximum absolute atomic E-state index is 6.12. The Balaban J connectivity index is 1.63. The molecule has 0 bridgehead atoms. The number of fused-ring (bicyclic) bond motifs is 1. The highest BCUT2D eigenvalue weighted by molar-refractivity contribution is 7.99. The van der Waals surface area contributed by atoms with Crippen LogP contribution in [0.15, 0.2) is 33.7 Å². The highest BCUT2D eigenvalue weighted by Crippen LogP contribution is 2.43. The van der Waals surface area contributed by atoms with E-state index in [1.165, 1.54) is 23.3 Å². The normalized spacial score (nSPS) is 23.3. The Labute approximate surface area is 115 Å². The molecule has 1 aromatic carbocycles. The zero-order valence-corrected chi connectivity index (χ0v) is 11.3. The van der Waals surface area contributed by atoms with Gasteiger partial charge in [0.1, 0.15) is 0 Å². The van der Waals surface area contributed by atoms with Crippen molar-refractivity contribution in [2.45, 2.75) is 29.7 Å². The lowest BCUT2D eigenvalue weighted by atomic mass is 10.0. The average Bonchev–Trinajstić information content (AvgIpc) is 3.01. The van der Waals surface area contributed by atoms with Crippen LogP contribution in [0.5, 0.6) is 0 Å². The predicted octanol–water partition coefficient (Wildman–Crippen LogP) is 2.72. The molecule has 0 spiro atoms. The minimum Gasteiger partial charge on any atom is -0.339 e. The number of nitrogens with two attached hydrogens (primary N) is 1. The Bertz CT molecular complexity index is 608. The molecule has 0 radical (unpaired) electrons. The van der Waals surface area contributed by atoms with E-state index in [4.69, 9.17) is 10.3 Å². The fourth-order valence-corrected chi connectivity index (χ4v) is 3.78. The van der Waals surface area contributed by atoms with Crippen LogP contribution >= 0.6 is 11.8 Å². The standard InChI is InChI=1S/C14H15N3OS/c15-12(8-5-6-8)13-16-14(18-17-13)10-7-19-11-4-2-1-3-9(10)11/h1-4,8,10,12H,5-7,15H2. The topological polar surface area (TPSA) is 64.9 Å². The number of thioether (sulfide) groups is 1. The lowest BCUT2D eigenvalue weighted by molar-refractivity contribution is 0.362. The van der Waals surface area contributed by atoms with Gasteiger partial charge in [0.05, 0.1) is 12.0 Å². The SMILES string of the molecule is NC(c1noc(C2CSc3ccccc32)n1)C1CC1. The summed E-state index contributed by atoms with van der Waals surface area (Å²) in [5, 5.41) is 4.07. The highest BCUT2D eigenvalue weighted by atomic mass is 32.2. The first-order valence-electron chi connectivity index (χ1n) is 6.64. The highest BCUT2D eigenvalue weighted by Gasteiger charge is 2.34. The smallest absolute Gasteiger partial charge is 0.235 e. The molecule has 2 atom stereocenters. The molecule has 1 aliphatic heterocycles. The number of aromatic nitrogens is 2. The van der Waals surface area contributed by atoms with Crippen molar-refractivity contribution in [1.82, 2.24) is 10.1 Å². The fraction of sp³-hybridized carbons (Fsp3) is 0.429. The molecule has 1 fully saturated rings. The van der Waals surface area contributed by atoms with E-state index in [0.29, 0.717) is 17.6 Å². The van der Waals surface area contributed by atoms with Gasteiger partial charge < -0.3 is 10.3 Å². The Morgan fingerprint density at radius 2 is 2.16 bits per heavy atom.